The minimum absolute atomic E-state index is 0.00344. The third-order valence-corrected chi connectivity index (χ3v) is 5.79. The number of nitrogens with one attached hydrogen (secondary N) is 1. The van der Waals surface area contributed by atoms with Gasteiger partial charge >= 0.3 is 12.1 Å². The summed E-state index contributed by atoms with van der Waals surface area (Å²) in [5.41, 5.74) is 2.52. The summed E-state index contributed by atoms with van der Waals surface area (Å²) >= 11 is 0. The first-order chi connectivity index (χ1) is 12.0. The van der Waals surface area contributed by atoms with E-state index in [9.17, 15) is 14.4 Å². The molecule has 6 nitrogen and oxygen atoms in total. The summed E-state index contributed by atoms with van der Waals surface area (Å²) in [5, 5.41) is 2.95. The highest BCUT2D eigenvalue weighted by atomic mass is 16.6. The fraction of sp³-hybridized carbons (Fsp3) is 0.526. The molecule has 1 saturated heterocycles. The van der Waals surface area contributed by atoms with Gasteiger partial charge in [0.1, 0.15) is 6.61 Å². The molecule has 2 fully saturated rings. The minimum Gasteiger partial charge on any atom is -0.469 e. The van der Waals surface area contributed by atoms with Gasteiger partial charge in [0.05, 0.1) is 18.6 Å². The SMILES string of the molecule is COC(=O)C1CC(=O)c2cc([C@@H]3CCC4(COC(=O)N4)C3)ccc2C1. The third kappa shape index (κ3) is 2.79. The maximum Gasteiger partial charge on any atom is 0.407 e. The molecule has 3 atom stereocenters. The number of carbonyl (C=O) groups is 3. The summed E-state index contributed by atoms with van der Waals surface area (Å²) in [6, 6.07) is 5.99. The van der Waals surface area contributed by atoms with Crippen LogP contribution in [-0.2, 0) is 20.7 Å². The molecule has 1 saturated carbocycles. The Bertz CT molecular complexity index is 758. The Kier molecular flexibility index (Phi) is 3.78. The van der Waals surface area contributed by atoms with E-state index in [4.69, 9.17) is 9.47 Å². The number of ether oxygens (including phenoxy) is 2. The zero-order valence-electron chi connectivity index (χ0n) is 14.2. The molecule has 1 spiro atoms. The Morgan fingerprint density at radius 1 is 1.32 bits per heavy atom. The number of hydrogen-bond acceptors (Lipinski definition) is 5. The van der Waals surface area contributed by atoms with E-state index < -0.39 is 0 Å². The molecule has 1 aliphatic heterocycles. The Morgan fingerprint density at radius 2 is 2.16 bits per heavy atom. The van der Waals surface area contributed by atoms with Crippen molar-refractivity contribution in [3.8, 4) is 0 Å². The monoisotopic (exact) mass is 343 g/mol. The molecule has 1 N–H and O–H groups in total. The van der Waals surface area contributed by atoms with Crippen LogP contribution < -0.4 is 5.32 Å². The molecule has 2 aliphatic carbocycles. The van der Waals surface area contributed by atoms with Crippen molar-refractivity contribution in [3.63, 3.8) is 0 Å². The van der Waals surface area contributed by atoms with Crippen LogP contribution >= 0.6 is 0 Å². The lowest BCUT2D eigenvalue weighted by Crippen LogP contribution is -2.40. The van der Waals surface area contributed by atoms with Crippen LogP contribution in [0.25, 0.3) is 0 Å². The molecule has 4 rings (SSSR count). The zero-order valence-corrected chi connectivity index (χ0v) is 14.2. The van der Waals surface area contributed by atoms with E-state index in [1.165, 1.54) is 7.11 Å². The lowest BCUT2D eigenvalue weighted by molar-refractivity contribution is -0.145. The smallest absolute Gasteiger partial charge is 0.407 e. The molecule has 3 aliphatic rings. The second-order valence-electron chi connectivity index (χ2n) is 7.39. The first-order valence-corrected chi connectivity index (χ1v) is 8.68. The summed E-state index contributed by atoms with van der Waals surface area (Å²) in [4.78, 5) is 35.6. The number of esters is 1. The summed E-state index contributed by atoms with van der Waals surface area (Å²) < 4.78 is 9.86. The molecule has 0 bridgehead atoms. The van der Waals surface area contributed by atoms with E-state index in [1.807, 2.05) is 18.2 Å². The highest BCUT2D eigenvalue weighted by Crippen LogP contribution is 2.43. The van der Waals surface area contributed by atoms with Crippen LogP contribution in [0.2, 0.25) is 0 Å². The lowest BCUT2D eigenvalue weighted by atomic mass is 9.81. The number of benzene rings is 1. The van der Waals surface area contributed by atoms with Gasteiger partial charge in [0.2, 0.25) is 0 Å². The number of ketones is 1. The van der Waals surface area contributed by atoms with Gasteiger partial charge in [-0.25, -0.2) is 4.79 Å². The molecule has 1 heterocycles. The van der Waals surface area contributed by atoms with Crippen molar-refractivity contribution in [1.29, 1.82) is 0 Å². The van der Waals surface area contributed by atoms with Crippen molar-refractivity contribution >= 4 is 17.8 Å². The van der Waals surface area contributed by atoms with Crippen LogP contribution in [0.1, 0.15) is 53.1 Å². The Balaban J connectivity index is 1.54. The van der Waals surface area contributed by atoms with Gasteiger partial charge in [-0.1, -0.05) is 12.1 Å². The summed E-state index contributed by atoms with van der Waals surface area (Å²) in [7, 11) is 1.35. The Hall–Kier alpha value is -2.37. The van der Waals surface area contributed by atoms with Gasteiger partial charge in [0.25, 0.3) is 0 Å². The first-order valence-electron chi connectivity index (χ1n) is 8.68. The topological polar surface area (TPSA) is 81.7 Å². The van der Waals surface area contributed by atoms with Crippen molar-refractivity contribution in [1.82, 2.24) is 5.32 Å². The summed E-state index contributed by atoms with van der Waals surface area (Å²) in [5.74, 6) is -0.392. The largest absolute Gasteiger partial charge is 0.469 e. The number of fused-ring (bicyclic) bond motifs is 1. The standard InChI is InChI=1S/C19H21NO5/c1-24-17(22)14-6-12-3-2-11(7-15(12)16(21)8-14)13-4-5-19(9-13)10-25-18(23)20-19/h2-3,7,13-14H,4-6,8-10H2,1H3,(H,20,23)/t13-,14?,19?/m1/s1. The number of methoxy groups -OCH3 is 1. The number of amides is 1. The van der Waals surface area contributed by atoms with Gasteiger partial charge in [0, 0.05) is 12.0 Å². The fourth-order valence-electron chi connectivity index (χ4n) is 4.44. The second kappa shape index (κ2) is 5.86. The molecule has 1 aromatic carbocycles. The zero-order chi connectivity index (χ0) is 17.6. The Labute approximate surface area is 145 Å². The van der Waals surface area contributed by atoms with Crippen LogP contribution in [-0.4, -0.2) is 37.1 Å². The van der Waals surface area contributed by atoms with Gasteiger partial charge in [-0.05, 0) is 48.8 Å². The van der Waals surface area contributed by atoms with Crippen LogP contribution in [0, 0.1) is 5.92 Å². The molecule has 132 valence electrons. The number of alkyl carbamates (subject to hydrolysis) is 1. The predicted octanol–water partition coefficient (Wildman–Crippen LogP) is 2.35. The van der Waals surface area contributed by atoms with E-state index >= 15 is 0 Å². The predicted molar refractivity (Wildman–Crippen MR) is 88.4 cm³/mol. The van der Waals surface area contributed by atoms with Gasteiger partial charge in [-0.2, -0.15) is 0 Å². The van der Waals surface area contributed by atoms with Crippen LogP contribution in [0.4, 0.5) is 4.79 Å². The minimum atomic E-state index is -0.378. The van der Waals surface area contributed by atoms with Crippen molar-refractivity contribution in [2.75, 3.05) is 13.7 Å². The molecule has 25 heavy (non-hydrogen) atoms. The number of Topliss-reactive ketones (excluding diaryl/α,β-unsaturated/α-hetero) is 1. The van der Waals surface area contributed by atoms with Crippen molar-refractivity contribution < 1.29 is 23.9 Å². The van der Waals surface area contributed by atoms with Crippen LogP contribution in [0.5, 0.6) is 0 Å². The maximum absolute atomic E-state index is 12.5. The third-order valence-electron chi connectivity index (χ3n) is 5.79. The first kappa shape index (κ1) is 16.1. The van der Waals surface area contributed by atoms with E-state index in [0.29, 0.717) is 18.9 Å². The van der Waals surface area contributed by atoms with Crippen molar-refractivity contribution in [3.05, 3.63) is 34.9 Å². The van der Waals surface area contributed by atoms with E-state index in [1.54, 1.807) is 0 Å². The van der Waals surface area contributed by atoms with E-state index in [2.05, 4.69) is 5.32 Å². The number of rotatable bonds is 2. The molecule has 6 heteroatoms. The van der Waals surface area contributed by atoms with Crippen molar-refractivity contribution in [2.45, 2.75) is 43.6 Å². The molecular formula is C19H21NO5. The molecule has 0 aromatic heterocycles. The quantitative estimate of drug-likeness (QED) is 0.834. The molecule has 0 radical (unpaired) electrons. The van der Waals surface area contributed by atoms with Crippen LogP contribution in [0.15, 0.2) is 18.2 Å². The number of carbonyl (C=O) groups excluding carboxylic acids is 3. The maximum atomic E-state index is 12.5. The number of cyclic esters (lactones) is 1. The molecule has 1 aromatic rings. The van der Waals surface area contributed by atoms with Gasteiger partial charge in [0.15, 0.2) is 5.78 Å². The lowest BCUT2D eigenvalue weighted by Gasteiger charge is -2.24. The fourth-order valence-corrected chi connectivity index (χ4v) is 4.44. The average molecular weight is 343 g/mol. The summed E-state index contributed by atoms with van der Waals surface area (Å²) in [6.45, 7) is 0.424. The number of hydrogen-bond donors (Lipinski definition) is 1. The van der Waals surface area contributed by atoms with E-state index in [0.717, 1.165) is 36.0 Å². The summed E-state index contributed by atoms with van der Waals surface area (Å²) in [6.07, 6.45) is 3.10. The highest BCUT2D eigenvalue weighted by molar-refractivity contribution is 6.01. The van der Waals surface area contributed by atoms with Gasteiger partial charge in [-0.3, -0.25) is 9.59 Å². The average Bonchev–Trinajstić information content (AvgIpc) is 3.20. The second-order valence-corrected chi connectivity index (χ2v) is 7.39. The van der Waals surface area contributed by atoms with Crippen LogP contribution in [0.3, 0.4) is 0 Å². The molecule has 2 unspecified atom stereocenters. The van der Waals surface area contributed by atoms with E-state index in [-0.39, 0.29) is 35.7 Å². The van der Waals surface area contributed by atoms with Gasteiger partial charge < -0.3 is 14.8 Å². The highest BCUT2D eigenvalue weighted by Gasteiger charge is 2.46. The van der Waals surface area contributed by atoms with Gasteiger partial charge in [-0.15, -0.1) is 0 Å². The van der Waals surface area contributed by atoms with Crippen molar-refractivity contribution in [2.24, 2.45) is 5.92 Å². The normalized spacial score (nSPS) is 30.8. The molecular weight excluding hydrogens is 322 g/mol. The Morgan fingerprint density at radius 3 is 2.88 bits per heavy atom. The molecule has 1 amide bonds.